The van der Waals surface area contributed by atoms with Crippen molar-refractivity contribution in [3.8, 4) is 0 Å². The van der Waals surface area contributed by atoms with Gasteiger partial charge in [-0.05, 0) is 35.6 Å². The second-order valence-electron chi connectivity index (χ2n) is 6.04. The van der Waals surface area contributed by atoms with Crippen LogP contribution in [0, 0.1) is 0 Å². The molecular weight excluding hydrogens is 340 g/mol. The summed E-state index contributed by atoms with van der Waals surface area (Å²) in [7, 11) is 0. The van der Waals surface area contributed by atoms with Gasteiger partial charge in [0.05, 0.1) is 23.2 Å². The lowest BCUT2D eigenvalue weighted by Crippen LogP contribution is -2.26. The van der Waals surface area contributed by atoms with Crippen LogP contribution in [0.25, 0.3) is 0 Å². The molecule has 1 aliphatic heterocycles. The lowest BCUT2D eigenvalue weighted by molar-refractivity contribution is -0.120. The van der Waals surface area contributed by atoms with Gasteiger partial charge in [0.15, 0.2) is 5.78 Å². The number of unbranched alkanes of at least 4 members (excludes halogenated alkanes) is 1. The molecule has 1 atom stereocenters. The average molecular weight is 361 g/mol. The molecule has 5 heteroatoms. The van der Waals surface area contributed by atoms with E-state index in [1.807, 2.05) is 35.3 Å². The van der Waals surface area contributed by atoms with Crippen molar-refractivity contribution in [3.63, 3.8) is 0 Å². The molecule has 24 heavy (non-hydrogen) atoms. The molecule has 3 rings (SSSR count). The van der Waals surface area contributed by atoms with Gasteiger partial charge in [-0.3, -0.25) is 9.80 Å². The predicted molar refractivity (Wildman–Crippen MR) is 101 cm³/mol. The number of rotatable bonds is 7. The summed E-state index contributed by atoms with van der Waals surface area (Å²) < 4.78 is 0. The zero-order chi connectivity index (χ0) is 16.9. The zero-order valence-electron chi connectivity index (χ0n) is 13.7. The SMILES string of the molecule is CCCCC(=O)CN1N=C(c2cccs2)CC1c1ccc(Cl)cc1. The summed E-state index contributed by atoms with van der Waals surface area (Å²) in [5.41, 5.74) is 2.21. The first-order valence-electron chi connectivity index (χ1n) is 8.32. The van der Waals surface area contributed by atoms with Crippen LogP contribution in [0.3, 0.4) is 0 Å². The number of halogens is 1. The van der Waals surface area contributed by atoms with Crippen molar-refractivity contribution in [2.24, 2.45) is 5.10 Å². The molecule has 0 spiro atoms. The van der Waals surface area contributed by atoms with Crippen LogP contribution in [0.1, 0.15) is 49.1 Å². The van der Waals surface area contributed by atoms with E-state index in [0.717, 1.165) is 35.6 Å². The third-order valence-electron chi connectivity index (χ3n) is 4.20. The maximum absolute atomic E-state index is 12.3. The van der Waals surface area contributed by atoms with E-state index in [1.54, 1.807) is 11.3 Å². The summed E-state index contributed by atoms with van der Waals surface area (Å²) in [5, 5.41) is 9.50. The monoisotopic (exact) mass is 360 g/mol. The molecule has 0 amide bonds. The van der Waals surface area contributed by atoms with E-state index >= 15 is 0 Å². The normalized spacial score (nSPS) is 17.2. The number of hydrogen-bond acceptors (Lipinski definition) is 4. The van der Waals surface area contributed by atoms with Crippen molar-refractivity contribution < 1.29 is 4.79 Å². The van der Waals surface area contributed by atoms with E-state index in [9.17, 15) is 4.79 Å². The highest BCUT2D eigenvalue weighted by Crippen LogP contribution is 2.34. The molecule has 3 nitrogen and oxygen atoms in total. The lowest BCUT2D eigenvalue weighted by Gasteiger charge is -2.23. The average Bonchev–Trinajstić information content (AvgIpc) is 3.23. The van der Waals surface area contributed by atoms with E-state index in [1.165, 1.54) is 4.88 Å². The first-order valence-corrected chi connectivity index (χ1v) is 9.58. The van der Waals surface area contributed by atoms with Crippen molar-refractivity contribution in [3.05, 3.63) is 57.2 Å². The Hall–Kier alpha value is -1.65. The van der Waals surface area contributed by atoms with E-state index in [0.29, 0.717) is 13.0 Å². The van der Waals surface area contributed by atoms with E-state index < -0.39 is 0 Å². The number of Topliss-reactive ketones (excluding diaryl/α,β-unsaturated/α-hetero) is 1. The van der Waals surface area contributed by atoms with E-state index in [-0.39, 0.29) is 11.8 Å². The molecule has 0 N–H and O–H groups in total. The minimum absolute atomic E-state index is 0.102. The lowest BCUT2D eigenvalue weighted by atomic mass is 10.0. The smallest absolute Gasteiger partial charge is 0.153 e. The Balaban J connectivity index is 1.80. The largest absolute Gasteiger partial charge is 0.298 e. The number of carbonyl (C=O) groups is 1. The summed E-state index contributed by atoms with van der Waals surface area (Å²) in [6, 6.07) is 12.1. The van der Waals surface area contributed by atoms with Crippen LogP contribution in [0.5, 0.6) is 0 Å². The molecule has 1 unspecified atom stereocenters. The summed E-state index contributed by atoms with van der Waals surface area (Å²) in [5.74, 6) is 0.256. The minimum Gasteiger partial charge on any atom is -0.298 e. The van der Waals surface area contributed by atoms with Gasteiger partial charge in [0.1, 0.15) is 0 Å². The van der Waals surface area contributed by atoms with Crippen LogP contribution in [0.15, 0.2) is 46.9 Å². The maximum atomic E-state index is 12.3. The first kappa shape index (κ1) is 17.2. The Bertz CT molecular complexity index is 709. The summed E-state index contributed by atoms with van der Waals surface area (Å²) in [6.07, 6.45) is 3.43. The Labute approximate surface area is 151 Å². The Kier molecular flexibility index (Phi) is 5.69. The number of ketones is 1. The molecule has 1 aliphatic rings. The van der Waals surface area contributed by atoms with Gasteiger partial charge >= 0.3 is 0 Å². The molecule has 126 valence electrons. The van der Waals surface area contributed by atoms with Gasteiger partial charge in [-0.25, -0.2) is 0 Å². The number of hydrogen-bond donors (Lipinski definition) is 0. The standard InChI is InChI=1S/C19H21ClN2OS/c1-2-3-5-16(23)13-22-18(14-7-9-15(20)10-8-14)12-17(21-22)19-6-4-11-24-19/h4,6-11,18H,2-3,5,12-13H2,1H3. The van der Waals surface area contributed by atoms with Gasteiger partial charge in [-0.2, -0.15) is 5.10 Å². The van der Waals surface area contributed by atoms with E-state index in [4.69, 9.17) is 16.7 Å². The number of hydrazone groups is 1. The second kappa shape index (κ2) is 7.95. The molecule has 0 saturated heterocycles. The Morgan fingerprint density at radius 3 is 2.79 bits per heavy atom. The quantitative estimate of drug-likeness (QED) is 0.670. The molecule has 0 fully saturated rings. The van der Waals surface area contributed by atoms with Crippen molar-refractivity contribution in [1.29, 1.82) is 0 Å². The molecule has 0 bridgehead atoms. The zero-order valence-corrected chi connectivity index (χ0v) is 15.3. The highest BCUT2D eigenvalue weighted by atomic mass is 35.5. The van der Waals surface area contributed by atoms with Crippen LogP contribution in [0.4, 0.5) is 0 Å². The Morgan fingerprint density at radius 2 is 2.12 bits per heavy atom. The third kappa shape index (κ3) is 4.05. The van der Waals surface area contributed by atoms with Crippen LogP contribution in [-0.2, 0) is 4.79 Å². The number of carbonyl (C=O) groups excluding carboxylic acids is 1. The summed E-state index contributed by atoms with van der Waals surface area (Å²) in [4.78, 5) is 13.4. The van der Waals surface area contributed by atoms with Crippen molar-refractivity contribution in [2.45, 2.75) is 38.6 Å². The topological polar surface area (TPSA) is 32.7 Å². The van der Waals surface area contributed by atoms with Crippen LogP contribution < -0.4 is 0 Å². The molecular formula is C19H21ClN2OS. The van der Waals surface area contributed by atoms with Crippen molar-refractivity contribution >= 4 is 34.4 Å². The third-order valence-corrected chi connectivity index (χ3v) is 5.37. The van der Waals surface area contributed by atoms with E-state index in [2.05, 4.69) is 18.4 Å². The van der Waals surface area contributed by atoms with Crippen molar-refractivity contribution in [2.75, 3.05) is 6.54 Å². The predicted octanol–water partition coefficient (Wildman–Crippen LogP) is 5.31. The fraction of sp³-hybridized carbons (Fsp3) is 0.368. The Morgan fingerprint density at radius 1 is 1.33 bits per heavy atom. The van der Waals surface area contributed by atoms with Crippen LogP contribution in [-0.4, -0.2) is 23.0 Å². The molecule has 2 heterocycles. The number of nitrogens with zero attached hydrogens (tertiary/aromatic N) is 2. The number of benzene rings is 1. The summed E-state index contributed by atoms with van der Waals surface area (Å²) in [6.45, 7) is 2.48. The fourth-order valence-electron chi connectivity index (χ4n) is 2.90. The number of thiophene rings is 1. The van der Waals surface area contributed by atoms with Gasteiger partial charge in [0.25, 0.3) is 0 Å². The fourth-order valence-corrected chi connectivity index (χ4v) is 3.75. The molecule has 0 aliphatic carbocycles. The summed E-state index contributed by atoms with van der Waals surface area (Å²) >= 11 is 7.70. The first-order chi connectivity index (χ1) is 11.7. The van der Waals surface area contributed by atoms with Gasteiger partial charge in [0, 0.05) is 17.9 Å². The minimum atomic E-state index is 0.102. The molecule has 1 aromatic heterocycles. The molecule has 1 aromatic carbocycles. The molecule has 0 radical (unpaired) electrons. The molecule has 0 saturated carbocycles. The van der Waals surface area contributed by atoms with Crippen LogP contribution >= 0.6 is 22.9 Å². The van der Waals surface area contributed by atoms with Crippen molar-refractivity contribution in [1.82, 2.24) is 5.01 Å². The second-order valence-corrected chi connectivity index (χ2v) is 7.42. The van der Waals surface area contributed by atoms with Gasteiger partial charge in [-0.1, -0.05) is 43.1 Å². The van der Waals surface area contributed by atoms with Gasteiger partial charge in [-0.15, -0.1) is 11.3 Å². The highest BCUT2D eigenvalue weighted by molar-refractivity contribution is 7.12. The van der Waals surface area contributed by atoms with Gasteiger partial charge < -0.3 is 0 Å². The molecule has 2 aromatic rings. The van der Waals surface area contributed by atoms with Crippen LogP contribution in [0.2, 0.25) is 5.02 Å². The maximum Gasteiger partial charge on any atom is 0.153 e. The highest BCUT2D eigenvalue weighted by Gasteiger charge is 2.30. The van der Waals surface area contributed by atoms with Gasteiger partial charge in [0.2, 0.25) is 0 Å².